The van der Waals surface area contributed by atoms with Gasteiger partial charge >= 0.3 is 0 Å². The number of benzene rings is 1. The Morgan fingerprint density at radius 3 is 3.13 bits per heavy atom. The van der Waals surface area contributed by atoms with Crippen molar-refractivity contribution in [3.05, 3.63) is 53.6 Å². The van der Waals surface area contributed by atoms with E-state index in [-0.39, 0.29) is 30.3 Å². The van der Waals surface area contributed by atoms with E-state index in [1.54, 1.807) is 23.0 Å². The fraction of sp³-hybridized carbons (Fsp3) is 0.412. The van der Waals surface area contributed by atoms with E-state index in [4.69, 9.17) is 4.74 Å². The Morgan fingerprint density at radius 1 is 1.52 bits per heavy atom. The van der Waals surface area contributed by atoms with E-state index in [9.17, 15) is 9.18 Å². The van der Waals surface area contributed by atoms with Gasteiger partial charge in [0.25, 0.3) is 0 Å². The van der Waals surface area contributed by atoms with Crippen LogP contribution in [0.15, 0.2) is 36.7 Å². The van der Waals surface area contributed by atoms with Crippen LogP contribution >= 0.6 is 0 Å². The number of nitrogens with one attached hydrogen (secondary N) is 1. The number of amides is 1. The lowest BCUT2D eigenvalue weighted by Crippen LogP contribution is -2.43. The number of hydrogen-bond acceptors (Lipinski definition) is 3. The molecule has 0 spiro atoms. The van der Waals surface area contributed by atoms with Crippen LogP contribution in [0, 0.1) is 5.82 Å². The number of carbonyl (C=O) groups is 1. The maximum absolute atomic E-state index is 13.2. The van der Waals surface area contributed by atoms with E-state index in [2.05, 4.69) is 10.4 Å². The third-order valence-corrected chi connectivity index (χ3v) is 3.98. The van der Waals surface area contributed by atoms with E-state index in [1.807, 2.05) is 13.2 Å². The van der Waals surface area contributed by atoms with Crippen LogP contribution in [0.3, 0.4) is 0 Å². The van der Waals surface area contributed by atoms with Gasteiger partial charge in [0, 0.05) is 25.4 Å². The third-order valence-electron chi connectivity index (χ3n) is 3.98. The van der Waals surface area contributed by atoms with Crippen molar-refractivity contribution >= 4 is 5.91 Å². The van der Waals surface area contributed by atoms with Gasteiger partial charge in [0.15, 0.2) is 0 Å². The maximum Gasteiger partial charge on any atom is 0.224 e. The Kier molecular flexibility index (Phi) is 4.71. The summed E-state index contributed by atoms with van der Waals surface area (Å²) in [5.74, 6) is -0.454. The van der Waals surface area contributed by atoms with Crippen molar-refractivity contribution in [1.82, 2.24) is 15.1 Å². The lowest BCUT2D eigenvalue weighted by molar-refractivity contribution is -0.123. The summed E-state index contributed by atoms with van der Waals surface area (Å²) in [4.78, 5) is 12.3. The first-order valence-corrected chi connectivity index (χ1v) is 7.76. The molecule has 122 valence electrons. The lowest BCUT2D eigenvalue weighted by Gasteiger charge is -2.31. The second-order valence-electron chi connectivity index (χ2n) is 5.86. The van der Waals surface area contributed by atoms with Crippen LogP contribution in [0.25, 0.3) is 0 Å². The first kappa shape index (κ1) is 15.7. The number of aryl methyl sites for hydroxylation is 1. The molecule has 1 N–H and O–H groups in total. The molecule has 6 heteroatoms. The fourth-order valence-electron chi connectivity index (χ4n) is 2.93. The predicted octanol–water partition coefficient (Wildman–Crippen LogP) is 2.14. The third kappa shape index (κ3) is 3.96. The molecule has 1 fully saturated rings. The van der Waals surface area contributed by atoms with Gasteiger partial charge in [-0.1, -0.05) is 12.1 Å². The fourth-order valence-corrected chi connectivity index (χ4v) is 2.93. The monoisotopic (exact) mass is 317 g/mol. The number of ether oxygens (including phenoxy) is 1. The van der Waals surface area contributed by atoms with Gasteiger partial charge in [-0.25, -0.2) is 4.39 Å². The SMILES string of the molecule is Cn1cc([C@H]2OCCC[C@@H]2NC(=O)Cc2cccc(F)c2)cn1. The Hall–Kier alpha value is -2.21. The molecular weight excluding hydrogens is 297 g/mol. The molecule has 0 radical (unpaired) electrons. The van der Waals surface area contributed by atoms with Crippen LogP contribution in [0.4, 0.5) is 4.39 Å². The lowest BCUT2D eigenvalue weighted by atomic mass is 9.97. The molecule has 1 amide bonds. The van der Waals surface area contributed by atoms with E-state index >= 15 is 0 Å². The van der Waals surface area contributed by atoms with Gasteiger partial charge < -0.3 is 10.1 Å². The summed E-state index contributed by atoms with van der Waals surface area (Å²) in [6, 6.07) is 6.03. The largest absolute Gasteiger partial charge is 0.371 e. The highest BCUT2D eigenvalue weighted by Crippen LogP contribution is 2.28. The number of carbonyl (C=O) groups excluding carboxylic acids is 1. The van der Waals surface area contributed by atoms with Crippen molar-refractivity contribution in [2.75, 3.05) is 6.61 Å². The van der Waals surface area contributed by atoms with Crippen LogP contribution in [0.5, 0.6) is 0 Å². The number of nitrogens with zero attached hydrogens (tertiary/aromatic N) is 2. The predicted molar refractivity (Wildman–Crippen MR) is 83.2 cm³/mol. The first-order valence-electron chi connectivity index (χ1n) is 7.76. The first-order chi connectivity index (χ1) is 11.1. The van der Waals surface area contributed by atoms with Gasteiger partial charge in [-0.2, -0.15) is 5.10 Å². The average molecular weight is 317 g/mol. The number of aromatic nitrogens is 2. The summed E-state index contributed by atoms with van der Waals surface area (Å²) >= 11 is 0. The molecule has 1 aliphatic rings. The Balaban J connectivity index is 1.65. The molecule has 1 saturated heterocycles. The molecule has 2 aromatic rings. The smallest absolute Gasteiger partial charge is 0.224 e. The molecule has 1 aliphatic heterocycles. The molecule has 2 heterocycles. The summed E-state index contributed by atoms with van der Waals surface area (Å²) in [6.07, 6.45) is 5.40. The molecule has 1 aromatic carbocycles. The molecule has 5 nitrogen and oxygen atoms in total. The average Bonchev–Trinajstić information content (AvgIpc) is 2.94. The molecule has 1 aromatic heterocycles. The van der Waals surface area contributed by atoms with E-state index in [1.165, 1.54) is 12.1 Å². The van der Waals surface area contributed by atoms with Crippen LogP contribution in [-0.4, -0.2) is 28.3 Å². The summed E-state index contributed by atoms with van der Waals surface area (Å²) in [5, 5.41) is 7.19. The molecule has 0 bridgehead atoms. The summed E-state index contributed by atoms with van der Waals surface area (Å²) in [5.41, 5.74) is 1.63. The second-order valence-corrected chi connectivity index (χ2v) is 5.86. The molecule has 0 saturated carbocycles. The van der Waals surface area contributed by atoms with E-state index in [0.717, 1.165) is 18.4 Å². The van der Waals surface area contributed by atoms with E-state index in [0.29, 0.717) is 12.2 Å². The standard InChI is InChI=1S/C17H20FN3O2/c1-21-11-13(10-19-21)17-15(6-3-7-23-17)20-16(22)9-12-4-2-5-14(18)8-12/h2,4-5,8,10-11,15,17H,3,6-7,9H2,1H3,(H,20,22)/t15-,17+/m0/s1. The van der Waals surface area contributed by atoms with E-state index < -0.39 is 0 Å². The molecular formula is C17H20FN3O2. The molecule has 23 heavy (non-hydrogen) atoms. The van der Waals surface area contributed by atoms with Crippen LogP contribution in [0.1, 0.15) is 30.1 Å². The minimum atomic E-state index is -0.329. The van der Waals surface area contributed by atoms with Crippen molar-refractivity contribution in [2.45, 2.75) is 31.4 Å². The maximum atomic E-state index is 13.2. The summed E-state index contributed by atoms with van der Waals surface area (Å²) in [7, 11) is 1.85. The minimum absolute atomic E-state index is 0.0889. The summed E-state index contributed by atoms with van der Waals surface area (Å²) < 4.78 is 20.8. The van der Waals surface area contributed by atoms with Crippen molar-refractivity contribution in [3.8, 4) is 0 Å². The number of halogens is 1. The minimum Gasteiger partial charge on any atom is -0.371 e. The van der Waals surface area contributed by atoms with Gasteiger partial charge in [-0.15, -0.1) is 0 Å². The molecule has 0 unspecified atom stereocenters. The number of hydrogen-bond donors (Lipinski definition) is 1. The van der Waals surface area contributed by atoms with Crippen molar-refractivity contribution in [1.29, 1.82) is 0 Å². The van der Waals surface area contributed by atoms with Crippen LogP contribution in [0.2, 0.25) is 0 Å². The van der Waals surface area contributed by atoms with Gasteiger partial charge in [0.1, 0.15) is 11.9 Å². The van der Waals surface area contributed by atoms with Crippen LogP contribution in [-0.2, 0) is 23.0 Å². The second kappa shape index (κ2) is 6.91. The van der Waals surface area contributed by atoms with Gasteiger partial charge in [-0.3, -0.25) is 9.48 Å². The zero-order chi connectivity index (χ0) is 16.2. The van der Waals surface area contributed by atoms with Crippen LogP contribution < -0.4 is 5.32 Å². The van der Waals surface area contributed by atoms with Gasteiger partial charge in [-0.05, 0) is 30.5 Å². The zero-order valence-corrected chi connectivity index (χ0v) is 13.0. The highest BCUT2D eigenvalue weighted by molar-refractivity contribution is 5.79. The molecule has 0 aliphatic carbocycles. The molecule has 3 rings (SSSR count). The topological polar surface area (TPSA) is 56.1 Å². The normalized spacial score (nSPS) is 21.1. The quantitative estimate of drug-likeness (QED) is 0.940. The highest BCUT2D eigenvalue weighted by atomic mass is 19.1. The Labute approximate surface area is 134 Å². The molecule has 2 atom stereocenters. The summed E-state index contributed by atoms with van der Waals surface area (Å²) in [6.45, 7) is 0.676. The zero-order valence-electron chi connectivity index (χ0n) is 13.0. The van der Waals surface area contributed by atoms with Gasteiger partial charge in [0.2, 0.25) is 5.91 Å². The highest BCUT2D eigenvalue weighted by Gasteiger charge is 2.29. The Bertz CT molecular complexity index is 686. The van der Waals surface area contributed by atoms with Crippen molar-refractivity contribution in [2.24, 2.45) is 7.05 Å². The van der Waals surface area contributed by atoms with Gasteiger partial charge in [0.05, 0.1) is 18.7 Å². The van der Waals surface area contributed by atoms with Crippen molar-refractivity contribution < 1.29 is 13.9 Å². The van der Waals surface area contributed by atoms with Crippen molar-refractivity contribution in [3.63, 3.8) is 0 Å². The number of rotatable bonds is 4. The Morgan fingerprint density at radius 2 is 2.39 bits per heavy atom.